The summed E-state index contributed by atoms with van der Waals surface area (Å²) in [6, 6.07) is 0. The van der Waals surface area contributed by atoms with Crippen LogP contribution in [0.25, 0.3) is 0 Å². The first-order valence-electron chi connectivity index (χ1n) is 10.1. The fourth-order valence-corrected chi connectivity index (χ4v) is 4.65. The Kier molecular flexibility index (Phi) is 7.26. The normalized spacial score (nSPS) is 14.3. The average Bonchev–Trinajstić information content (AvgIpc) is 3.25. The second-order valence-corrected chi connectivity index (χ2v) is 8.32. The number of guanidine groups is 1. The minimum atomic E-state index is 0.831. The molecule has 148 valence electrons. The van der Waals surface area contributed by atoms with Gasteiger partial charge >= 0.3 is 0 Å². The number of nitrogens with one attached hydrogen (secondary N) is 1. The third-order valence-electron chi connectivity index (χ3n) is 4.95. The smallest absolute Gasteiger partial charge is 0.194 e. The Morgan fingerprint density at radius 2 is 2.19 bits per heavy atom. The van der Waals surface area contributed by atoms with Crippen LogP contribution in [0.3, 0.4) is 0 Å². The molecule has 0 unspecified atom stereocenters. The summed E-state index contributed by atoms with van der Waals surface area (Å²) in [5.74, 6) is 2.06. The fraction of sp³-hybridized carbons (Fsp3) is 0.650. The minimum Gasteiger partial charge on any atom is -0.357 e. The van der Waals surface area contributed by atoms with Crippen LogP contribution in [0.5, 0.6) is 0 Å². The second-order valence-electron chi connectivity index (χ2n) is 7.15. The Balaban J connectivity index is 1.49. The lowest BCUT2D eigenvalue weighted by Crippen LogP contribution is -2.38. The van der Waals surface area contributed by atoms with Gasteiger partial charge in [0.15, 0.2) is 5.96 Å². The number of rotatable bonds is 8. The Bertz CT molecular complexity index is 724. The van der Waals surface area contributed by atoms with Crippen LogP contribution < -0.4 is 5.32 Å². The number of nitrogens with zero attached hydrogens (tertiary/aromatic N) is 5. The molecule has 6 nitrogen and oxygen atoms in total. The highest BCUT2D eigenvalue weighted by Gasteiger charge is 2.16. The maximum atomic E-state index is 4.87. The number of hydrogen-bond acceptors (Lipinski definition) is 4. The molecule has 0 saturated heterocycles. The highest BCUT2D eigenvalue weighted by molar-refractivity contribution is 7.11. The molecule has 0 bridgehead atoms. The summed E-state index contributed by atoms with van der Waals surface area (Å²) in [4.78, 5) is 17.7. The highest BCUT2D eigenvalue weighted by Crippen LogP contribution is 2.27. The van der Waals surface area contributed by atoms with Gasteiger partial charge in [-0.2, -0.15) is 0 Å². The van der Waals surface area contributed by atoms with Gasteiger partial charge < -0.3 is 14.8 Å². The van der Waals surface area contributed by atoms with E-state index in [1.165, 1.54) is 34.8 Å². The summed E-state index contributed by atoms with van der Waals surface area (Å²) in [7, 11) is 2.11. The molecule has 0 radical (unpaired) electrons. The number of fused-ring (bicyclic) bond motifs is 1. The Hall–Kier alpha value is -1.89. The molecule has 1 aliphatic carbocycles. The van der Waals surface area contributed by atoms with Crippen molar-refractivity contribution in [2.45, 2.75) is 65.5 Å². The van der Waals surface area contributed by atoms with Crippen molar-refractivity contribution in [3.05, 3.63) is 33.8 Å². The molecule has 0 aliphatic heterocycles. The van der Waals surface area contributed by atoms with Crippen molar-refractivity contribution in [2.75, 3.05) is 20.1 Å². The standard InChI is InChI=1S/C20H32N6S/c1-4-21-20(23-11-7-8-13-26-14-12-22-16(26)2)25(3)15-19-24-17-9-5-6-10-18(17)27-19/h12,14H,4-11,13,15H2,1-3H3,(H,21,23). The summed E-state index contributed by atoms with van der Waals surface area (Å²) >= 11 is 1.89. The molecule has 2 aromatic rings. The number of thiazole rings is 1. The predicted molar refractivity (Wildman–Crippen MR) is 112 cm³/mol. The second kappa shape index (κ2) is 9.88. The molecule has 3 rings (SSSR count). The number of hydrogen-bond donors (Lipinski definition) is 1. The molecule has 2 heterocycles. The van der Waals surface area contributed by atoms with Crippen LogP contribution in [0.2, 0.25) is 0 Å². The van der Waals surface area contributed by atoms with Crippen molar-refractivity contribution in [1.29, 1.82) is 0 Å². The Morgan fingerprint density at radius 3 is 2.93 bits per heavy atom. The van der Waals surface area contributed by atoms with E-state index < -0.39 is 0 Å². The predicted octanol–water partition coefficient (Wildman–Crippen LogP) is 3.40. The molecule has 1 N–H and O–H groups in total. The molecule has 27 heavy (non-hydrogen) atoms. The van der Waals surface area contributed by atoms with Gasteiger partial charge in [0, 0.05) is 44.0 Å². The molecule has 0 spiro atoms. The third-order valence-corrected chi connectivity index (χ3v) is 6.09. The number of aromatic nitrogens is 3. The summed E-state index contributed by atoms with van der Waals surface area (Å²) in [5, 5.41) is 4.63. The van der Waals surface area contributed by atoms with E-state index in [2.05, 4.69) is 33.7 Å². The van der Waals surface area contributed by atoms with Crippen molar-refractivity contribution in [1.82, 2.24) is 24.8 Å². The number of aryl methyl sites for hydroxylation is 4. The van der Waals surface area contributed by atoms with E-state index in [4.69, 9.17) is 9.98 Å². The van der Waals surface area contributed by atoms with E-state index in [0.717, 1.165) is 57.2 Å². The van der Waals surface area contributed by atoms with E-state index in [1.807, 2.05) is 30.7 Å². The maximum absolute atomic E-state index is 4.87. The third kappa shape index (κ3) is 5.54. The lowest BCUT2D eigenvalue weighted by atomic mass is 10.0. The average molecular weight is 389 g/mol. The molecule has 1 aliphatic rings. The van der Waals surface area contributed by atoms with Gasteiger partial charge in [-0.1, -0.05) is 0 Å². The van der Waals surface area contributed by atoms with Gasteiger partial charge in [0.2, 0.25) is 0 Å². The molecule has 0 amide bonds. The molecule has 0 atom stereocenters. The summed E-state index contributed by atoms with van der Waals surface area (Å²) in [6.07, 6.45) is 11.1. The van der Waals surface area contributed by atoms with Crippen LogP contribution in [0, 0.1) is 6.92 Å². The van der Waals surface area contributed by atoms with E-state index in [9.17, 15) is 0 Å². The van der Waals surface area contributed by atoms with Gasteiger partial charge in [-0.05, 0) is 52.4 Å². The van der Waals surface area contributed by atoms with Crippen LogP contribution in [0.4, 0.5) is 0 Å². The van der Waals surface area contributed by atoms with Crippen LogP contribution in [0.15, 0.2) is 17.4 Å². The van der Waals surface area contributed by atoms with Gasteiger partial charge in [0.25, 0.3) is 0 Å². The van der Waals surface area contributed by atoms with Crippen LogP contribution in [-0.4, -0.2) is 45.5 Å². The summed E-state index contributed by atoms with van der Waals surface area (Å²) in [6.45, 7) is 7.73. The summed E-state index contributed by atoms with van der Waals surface area (Å²) < 4.78 is 2.20. The zero-order chi connectivity index (χ0) is 19.1. The van der Waals surface area contributed by atoms with Crippen molar-refractivity contribution in [3.8, 4) is 0 Å². The summed E-state index contributed by atoms with van der Waals surface area (Å²) in [5.41, 5.74) is 1.34. The van der Waals surface area contributed by atoms with Crippen molar-refractivity contribution in [2.24, 2.45) is 4.99 Å². The van der Waals surface area contributed by atoms with Gasteiger partial charge in [-0.25, -0.2) is 9.97 Å². The zero-order valence-corrected chi connectivity index (χ0v) is 17.7. The van der Waals surface area contributed by atoms with Crippen molar-refractivity contribution < 1.29 is 0 Å². The first-order chi connectivity index (χ1) is 13.2. The SMILES string of the molecule is CCNC(=NCCCCn1ccnc1C)N(C)Cc1nc2c(s1)CCCC2. The van der Waals surface area contributed by atoms with E-state index in [0.29, 0.717) is 0 Å². The lowest BCUT2D eigenvalue weighted by molar-refractivity contribution is 0.473. The number of unbranched alkanes of at least 4 members (excludes halogenated alkanes) is 1. The van der Waals surface area contributed by atoms with E-state index in [-0.39, 0.29) is 0 Å². The molecule has 2 aromatic heterocycles. The van der Waals surface area contributed by atoms with E-state index in [1.54, 1.807) is 0 Å². The molecule has 0 aromatic carbocycles. The van der Waals surface area contributed by atoms with Crippen LogP contribution in [0.1, 0.15) is 54.0 Å². The Labute approximate surface area is 166 Å². The molecular weight excluding hydrogens is 356 g/mol. The highest BCUT2D eigenvalue weighted by atomic mass is 32.1. The van der Waals surface area contributed by atoms with E-state index >= 15 is 0 Å². The molecule has 0 fully saturated rings. The fourth-order valence-electron chi connectivity index (χ4n) is 3.44. The molecule has 0 saturated carbocycles. The molecule has 7 heteroatoms. The molecular formula is C20H32N6S. The van der Waals surface area contributed by atoms with Crippen molar-refractivity contribution >= 4 is 17.3 Å². The monoisotopic (exact) mass is 388 g/mol. The topological polar surface area (TPSA) is 58.3 Å². The lowest BCUT2D eigenvalue weighted by Gasteiger charge is -2.21. The number of imidazole rings is 1. The van der Waals surface area contributed by atoms with Crippen molar-refractivity contribution in [3.63, 3.8) is 0 Å². The zero-order valence-electron chi connectivity index (χ0n) is 16.9. The number of aliphatic imine (C=N–C) groups is 1. The first-order valence-corrected chi connectivity index (χ1v) is 10.9. The van der Waals surface area contributed by atoms with Gasteiger partial charge in [-0.15, -0.1) is 11.3 Å². The largest absolute Gasteiger partial charge is 0.357 e. The van der Waals surface area contributed by atoms with Crippen LogP contribution >= 0.6 is 11.3 Å². The first kappa shape index (κ1) is 19.9. The minimum absolute atomic E-state index is 0.831. The van der Waals surface area contributed by atoms with Gasteiger partial charge in [0.05, 0.1) is 12.2 Å². The quantitative estimate of drug-likeness (QED) is 0.428. The van der Waals surface area contributed by atoms with Gasteiger partial charge in [-0.3, -0.25) is 4.99 Å². The van der Waals surface area contributed by atoms with Crippen LogP contribution in [-0.2, 0) is 25.9 Å². The van der Waals surface area contributed by atoms with Gasteiger partial charge in [0.1, 0.15) is 10.8 Å². The maximum Gasteiger partial charge on any atom is 0.194 e. The Morgan fingerprint density at radius 1 is 1.33 bits per heavy atom.